The molecule has 2 N–H and O–H groups in total. The average molecular weight is 543 g/mol. The third kappa shape index (κ3) is 7.37. The van der Waals surface area contributed by atoms with Gasteiger partial charge in [-0.05, 0) is 25.0 Å². The Morgan fingerprint density at radius 2 is 0.949 bits per heavy atom. The summed E-state index contributed by atoms with van der Waals surface area (Å²) in [4.78, 5) is 0. The molecule has 3 aromatic carbocycles. The quantitative estimate of drug-likeness (QED) is 0.128. The molecular formula is C36H47O2P. The first-order chi connectivity index (χ1) is 19.0. The summed E-state index contributed by atoms with van der Waals surface area (Å²) in [6.45, 7) is 3.84. The molecule has 0 aliphatic heterocycles. The van der Waals surface area contributed by atoms with Crippen LogP contribution in [0.2, 0.25) is 0 Å². The van der Waals surface area contributed by atoms with Crippen molar-refractivity contribution in [2.75, 3.05) is 6.16 Å². The van der Waals surface area contributed by atoms with E-state index in [4.69, 9.17) is 0 Å². The van der Waals surface area contributed by atoms with Crippen LogP contribution in [0.5, 0.6) is 0 Å². The van der Waals surface area contributed by atoms with E-state index in [1.165, 1.54) is 67.0 Å². The second-order valence-corrected chi connectivity index (χ2v) is 15.3. The van der Waals surface area contributed by atoms with Crippen LogP contribution in [-0.4, -0.2) is 28.6 Å². The fourth-order valence-corrected chi connectivity index (χ4v) is 11.2. The minimum absolute atomic E-state index is 0.508. The molecule has 0 fully saturated rings. The first-order valence-corrected chi connectivity index (χ1v) is 17.2. The molecule has 0 bridgehead atoms. The van der Waals surface area contributed by atoms with Crippen molar-refractivity contribution in [1.29, 1.82) is 0 Å². The van der Waals surface area contributed by atoms with Gasteiger partial charge in [0.2, 0.25) is 0 Å². The second kappa shape index (κ2) is 14.8. The molecule has 3 aromatic rings. The van der Waals surface area contributed by atoms with E-state index in [9.17, 15) is 10.2 Å². The van der Waals surface area contributed by atoms with Crippen LogP contribution in [0.25, 0.3) is 0 Å². The van der Waals surface area contributed by atoms with E-state index in [0.717, 1.165) is 29.6 Å². The first-order valence-electron chi connectivity index (χ1n) is 14.9. The van der Waals surface area contributed by atoms with Crippen LogP contribution in [0.3, 0.4) is 0 Å². The number of aliphatic hydroxyl groups is 2. The Morgan fingerprint density at radius 3 is 1.41 bits per heavy atom. The van der Waals surface area contributed by atoms with Crippen molar-refractivity contribution in [2.24, 2.45) is 0 Å². The smallest absolute Gasteiger partial charge is 0.385 e. The number of hydrogen-bond acceptors (Lipinski definition) is 2. The van der Waals surface area contributed by atoms with Gasteiger partial charge in [0, 0.05) is 0 Å². The number of rotatable bonds is 14. The predicted molar refractivity (Wildman–Crippen MR) is 171 cm³/mol. The Kier molecular flexibility index (Phi) is 11.2. The zero-order valence-corrected chi connectivity index (χ0v) is 24.9. The zero-order chi connectivity index (χ0) is 27.5. The molecule has 208 valence electrons. The number of benzene rings is 3. The molecule has 0 saturated heterocycles. The Balaban J connectivity index is 1.26. The van der Waals surface area contributed by atoms with Gasteiger partial charge in [-0.3, -0.25) is 0 Å². The topological polar surface area (TPSA) is 40.5 Å². The van der Waals surface area contributed by atoms with Crippen LogP contribution in [0.1, 0.15) is 71.6 Å². The van der Waals surface area contributed by atoms with E-state index in [0.29, 0.717) is 0 Å². The monoisotopic (exact) mass is 542 g/mol. The summed E-state index contributed by atoms with van der Waals surface area (Å²) >= 11 is 0. The van der Waals surface area contributed by atoms with Crippen molar-refractivity contribution in [3.63, 3.8) is 0 Å². The van der Waals surface area contributed by atoms with Crippen molar-refractivity contribution < 1.29 is 10.2 Å². The maximum absolute atomic E-state index is 10.5. The van der Waals surface area contributed by atoms with Gasteiger partial charge in [0.15, 0.2) is 0 Å². The summed E-state index contributed by atoms with van der Waals surface area (Å²) in [5.74, 6) is 0. The minimum Gasteiger partial charge on any atom is -0.385 e. The molecule has 1 aliphatic rings. The SMILES string of the molecule is CC1=C(C)C(O)C(CCCCCCCCCC[PH](c2ccccc2)(c2ccccc2)c2ccccc2)=CC1O. The van der Waals surface area contributed by atoms with Gasteiger partial charge in [0.25, 0.3) is 0 Å². The summed E-state index contributed by atoms with van der Waals surface area (Å²) < 4.78 is 0. The predicted octanol–water partition coefficient (Wildman–Crippen LogP) is 7.22. The average Bonchev–Trinajstić information content (AvgIpc) is 2.99. The molecule has 3 heteroatoms. The van der Waals surface area contributed by atoms with Gasteiger partial charge in [-0.25, -0.2) is 0 Å². The van der Waals surface area contributed by atoms with Crippen LogP contribution in [-0.2, 0) is 0 Å². The third-order valence-corrected chi connectivity index (χ3v) is 13.8. The van der Waals surface area contributed by atoms with Crippen molar-refractivity contribution in [1.82, 2.24) is 0 Å². The van der Waals surface area contributed by atoms with Gasteiger partial charge in [-0.15, -0.1) is 0 Å². The molecule has 0 saturated carbocycles. The van der Waals surface area contributed by atoms with Crippen LogP contribution >= 0.6 is 7.26 Å². The molecule has 0 spiro atoms. The zero-order valence-electron chi connectivity index (χ0n) is 23.9. The van der Waals surface area contributed by atoms with Crippen molar-refractivity contribution >= 4 is 23.2 Å². The fraction of sp³-hybridized carbons (Fsp3) is 0.389. The summed E-state index contributed by atoms with van der Waals surface area (Å²) in [7, 11) is -2.09. The minimum atomic E-state index is -2.09. The molecule has 2 unspecified atom stereocenters. The second-order valence-electron chi connectivity index (χ2n) is 11.3. The first kappa shape index (κ1) is 29.5. The molecule has 1 aliphatic carbocycles. The fourth-order valence-electron chi connectivity index (χ4n) is 6.25. The molecule has 0 aromatic heterocycles. The van der Waals surface area contributed by atoms with Crippen LogP contribution in [0.15, 0.2) is 114 Å². The van der Waals surface area contributed by atoms with Gasteiger partial charge in [0.05, 0.1) is 6.10 Å². The van der Waals surface area contributed by atoms with Crippen LogP contribution < -0.4 is 15.9 Å². The van der Waals surface area contributed by atoms with Crippen molar-refractivity contribution in [3.8, 4) is 0 Å². The van der Waals surface area contributed by atoms with Gasteiger partial charge >= 0.3 is 196 Å². The van der Waals surface area contributed by atoms with Gasteiger partial charge in [0.1, 0.15) is 0 Å². The summed E-state index contributed by atoms with van der Waals surface area (Å²) in [6, 6.07) is 33.8. The Hall–Kier alpha value is -2.51. The van der Waals surface area contributed by atoms with Crippen LogP contribution in [0, 0.1) is 0 Å². The third-order valence-electron chi connectivity index (χ3n) is 8.77. The molecule has 4 rings (SSSR count). The Morgan fingerprint density at radius 1 is 0.538 bits per heavy atom. The molecular weight excluding hydrogens is 495 g/mol. The van der Waals surface area contributed by atoms with E-state index in [1.54, 1.807) is 0 Å². The Bertz CT molecular complexity index is 1100. The van der Waals surface area contributed by atoms with Gasteiger partial charge < -0.3 is 10.2 Å². The summed E-state index contributed by atoms with van der Waals surface area (Å²) in [5, 5.41) is 25.2. The Labute approximate surface area is 236 Å². The van der Waals surface area contributed by atoms with Gasteiger partial charge in [-0.2, -0.15) is 0 Å². The van der Waals surface area contributed by atoms with Crippen molar-refractivity contribution in [3.05, 3.63) is 114 Å². The van der Waals surface area contributed by atoms with E-state index < -0.39 is 19.5 Å². The van der Waals surface area contributed by atoms with E-state index in [1.807, 2.05) is 19.9 Å². The normalized spacial score (nSPS) is 18.2. The molecule has 0 heterocycles. The van der Waals surface area contributed by atoms with E-state index in [-0.39, 0.29) is 0 Å². The summed E-state index contributed by atoms with van der Waals surface area (Å²) in [6.07, 6.45) is 12.9. The number of hydrogen-bond donors (Lipinski definition) is 2. The molecule has 39 heavy (non-hydrogen) atoms. The maximum atomic E-state index is 10.5. The van der Waals surface area contributed by atoms with E-state index >= 15 is 0 Å². The number of unbranched alkanes of at least 4 members (excludes halogenated alkanes) is 7. The molecule has 0 radical (unpaired) electrons. The summed E-state index contributed by atoms with van der Waals surface area (Å²) in [5.41, 5.74) is 2.80. The van der Waals surface area contributed by atoms with E-state index in [2.05, 4.69) is 91.0 Å². The molecule has 0 amide bonds. The molecule has 2 nitrogen and oxygen atoms in total. The van der Waals surface area contributed by atoms with Crippen LogP contribution in [0.4, 0.5) is 0 Å². The van der Waals surface area contributed by atoms with Gasteiger partial charge in [-0.1, -0.05) is 0 Å². The standard InChI is InChI=1S/C36H47O2P/c1-29-30(2)36(38)31(28-35(29)37)20-12-7-5-3-4-6-8-19-27-39(32-21-13-9-14-22-32,33-23-15-10-16-24-33)34-25-17-11-18-26-34/h9-11,13-18,21-26,28,35-39H,3-8,12,19-20,27H2,1-2H3. The number of aliphatic hydroxyl groups excluding tert-OH is 2. The molecule has 2 atom stereocenters. The van der Waals surface area contributed by atoms with Crippen molar-refractivity contribution in [2.45, 2.75) is 83.8 Å².